The summed E-state index contributed by atoms with van der Waals surface area (Å²) < 4.78 is 5.49. The number of halogens is 3. The average molecular weight is 445 g/mol. The molecule has 3 rings (SSSR count). The molecule has 0 amide bonds. The van der Waals surface area contributed by atoms with Crippen molar-refractivity contribution in [1.29, 1.82) is 0 Å². The zero-order valence-corrected chi connectivity index (χ0v) is 17.2. The maximum absolute atomic E-state index is 12.2. The van der Waals surface area contributed by atoms with Gasteiger partial charge in [0.05, 0.1) is 5.56 Å². The Bertz CT molecular complexity index is 814. The SMILES string of the molecule is O=C(Oc1ccccc1-c1ccccc1O)c1ccccc1.[Cl-].[Cl-].[Cl-].[Ti+3]. The van der Waals surface area contributed by atoms with E-state index in [1.165, 1.54) is 0 Å². The van der Waals surface area contributed by atoms with Gasteiger partial charge in [-0.3, -0.25) is 0 Å². The summed E-state index contributed by atoms with van der Waals surface area (Å²) in [7, 11) is 0. The van der Waals surface area contributed by atoms with E-state index in [9.17, 15) is 9.90 Å². The first-order valence-corrected chi connectivity index (χ1v) is 6.90. The molecule has 0 spiro atoms. The molecular weight excluding hydrogens is 430 g/mol. The second-order valence-electron chi connectivity index (χ2n) is 4.77. The van der Waals surface area contributed by atoms with Crippen LogP contribution in [0, 0.1) is 0 Å². The topological polar surface area (TPSA) is 46.5 Å². The zero-order valence-electron chi connectivity index (χ0n) is 13.4. The number of esters is 1. The Morgan fingerprint density at radius 1 is 0.692 bits per heavy atom. The molecule has 133 valence electrons. The Morgan fingerprint density at radius 3 is 1.81 bits per heavy atom. The number of carbonyl (C=O) groups is 1. The predicted octanol–water partition coefficient (Wildman–Crippen LogP) is -4.71. The molecule has 1 N–H and O–H groups in total. The molecule has 0 saturated carbocycles. The van der Waals surface area contributed by atoms with Gasteiger partial charge in [0, 0.05) is 11.1 Å². The summed E-state index contributed by atoms with van der Waals surface area (Å²) in [5.41, 5.74) is 1.78. The fourth-order valence-corrected chi connectivity index (χ4v) is 2.21. The van der Waals surface area contributed by atoms with E-state index < -0.39 is 5.97 Å². The van der Waals surface area contributed by atoms with Crippen LogP contribution in [0.15, 0.2) is 78.9 Å². The third-order valence-corrected chi connectivity index (χ3v) is 3.29. The molecule has 1 radical (unpaired) electrons. The number of phenolic OH excluding ortho intramolecular Hbond substituents is 1. The second-order valence-corrected chi connectivity index (χ2v) is 4.77. The molecule has 0 heterocycles. The first-order chi connectivity index (χ1) is 10.8. The summed E-state index contributed by atoms with van der Waals surface area (Å²) in [6.45, 7) is 0. The maximum Gasteiger partial charge on any atom is 3.00 e. The molecule has 3 aromatic rings. The zero-order chi connectivity index (χ0) is 15.4. The number of benzene rings is 3. The molecule has 0 unspecified atom stereocenters. The van der Waals surface area contributed by atoms with Gasteiger partial charge in [0.2, 0.25) is 0 Å². The van der Waals surface area contributed by atoms with Crippen LogP contribution in [0.1, 0.15) is 10.4 Å². The average Bonchev–Trinajstić information content (AvgIpc) is 2.57. The van der Waals surface area contributed by atoms with Crippen molar-refractivity contribution in [3.05, 3.63) is 84.4 Å². The third kappa shape index (κ3) is 6.35. The molecule has 26 heavy (non-hydrogen) atoms. The second kappa shape index (κ2) is 12.8. The van der Waals surface area contributed by atoms with E-state index in [2.05, 4.69) is 0 Å². The Morgan fingerprint density at radius 2 is 1.19 bits per heavy atom. The molecule has 3 aromatic carbocycles. The number of hydrogen-bond acceptors (Lipinski definition) is 3. The van der Waals surface area contributed by atoms with Crippen LogP contribution in [-0.2, 0) is 21.7 Å². The Labute approximate surface area is 185 Å². The summed E-state index contributed by atoms with van der Waals surface area (Å²) >= 11 is 0. The number of ether oxygens (including phenoxy) is 1. The van der Waals surface area contributed by atoms with Gasteiger partial charge in [-0.1, -0.05) is 54.6 Å². The van der Waals surface area contributed by atoms with Crippen LogP contribution in [0.2, 0.25) is 0 Å². The Kier molecular flexibility index (Phi) is 13.2. The number of phenols is 1. The normalized spacial score (nSPS) is 8.62. The summed E-state index contributed by atoms with van der Waals surface area (Å²) in [5.74, 6) is 0.132. The molecular formula is C19H14Cl3O3Ti. The largest absolute Gasteiger partial charge is 3.00 e. The standard InChI is InChI=1S/C19H14O3.3ClH.Ti/c20-17-12-6-4-10-15(17)16-11-5-7-13-18(16)22-19(21)14-8-2-1-3-9-14;;;;/h1-13,20H;3*1H;/q;;;;+3/p-3. The first-order valence-electron chi connectivity index (χ1n) is 6.90. The fraction of sp³-hybridized carbons (Fsp3) is 0. The van der Waals surface area contributed by atoms with Gasteiger partial charge < -0.3 is 47.1 Å². The summed E-state index contributed by atoms with van der Waals surface area (Å²) in [6, 6.07) is 22.9. The molecule has 0 aromatic heterocycles. The van der Waals surface area contributed by atoms with Gasteiger partial charge in [-0.05, 0) is 24.3 Å². The van der Waals surface area contributed by atoms with Gasteiger partial charge in [-0.2, -0.15) is 0 Å². The molecule has 0 saturated heterocycles. The quantitative estimate of drug-likeness (QED) is 0.251. The molecule has 7 heteroatoms. The summed E-state index contributed by atoms with van der Waals surface area (Å²) in [6.07, 6.45) is 0. The minimum Gasteiger partial charge on any atom is -1.00 e. The van der Waals surface area contributed by atoms with E-state index >= 15 is 0 Å². The van der Waals surface area contributed by atoms with Crippen LogP contribution >= 0.6 is 0 Å². The molecule has 3 nitrogen and oxygen atoms in total. The van der Waals surface area contributed by atoms with E-state index in [4.69, 9.17) is 4.74 Å². The molecule has 0 aliphatic rings. The van der Waals surface area contributed by atoms with Crippen molar-refractivity contribution < 1.29 is 73.6 Å². The van der Waals surface area contributed by atoms with Crippen molar-refractivity contribution in [1.82, 2.24) is 0 Å². The van der Waals surface area contributed by atoms with E-state index in [1.54, 1.807) is 54.6 Å². The fourth-order valence-electron chi connectivity index (χ4n) is 2.21. The van der Waals surface area contributed by atoms with Crippen LogP contribution in [0.3, 0.4) is 0 Å². The van der Waals surface area contributed by atoms with Crippen LogP contribution < -0.4 is 42.0 Å². The van der Waals surface area contributed by atoms with Gasteiger partial charge in [0.25, 0.3) is 0 Å². The molecule has 0 atom stereocenters. The van der Waals surface area contributed by atoms with Gasteiger partial charge in [-0.25, -0.2) is 4.79 Å². The minimum absolute atomic E-state index is 0. The van der Waals surface area contributed by atoms with Crippen molar-refractivity contribution in [2.24, 2.45) is 0 Å². The van der Waals surface area contributed by atoms with Crippen molar-refractivity contribution in [3.63, 3.8) is 0 Å². The van der Waals surface area contributed by atoms with Crippen LogP contribution in [0.5, 0.6) is 11.5 Å². The molecule has 0 fully saturated rings. The summed E-state index contributed by atoms with van der Waals surface area (Å²) in [5, 5.41) is 10.00. The van der Waals surface area contributed by atoms with Gasteiger partial charge in [0.1, 0.15) is 11.5 Å². The number of para-hydroxylation sites is 2. The minimum atomic E-state index is -0.427. The summed E-state index contributed by atoms with van der Waals surface area (Å²) in [4.78, 5) is 12.2. The van der Waals surface area contributed by atoms with Crippen LogP contribution in [-0.4, -0.2) is 11.1 Å². The van der Waals surface area contributed by atoms with E-state index in [0.717, 1.165) is 0 Å². The number of hydrogen-bond donors (Lipinski definition) is 1. The number of carbonyl (C=O) groups excluding carboxylic acids is 1. The van der Waals surface area contributed by atoms with Gasteiger partial charge >= 0.3 is 27.7 Å². The van der Waals surface area contributed by atoms with Crippen molar-refractivity contribution in [2.75, 3.05) is 0 Å². The van der Waals surface area contributed by atoms with Crippen molar-refractivity contribution >= 4 is 5.97 Å². The van der Waals surface area contributed by atoms with Crippen LogP contribution in [0.25, 0.3) is 11.1 Å². The third-order valence-electron chi connectivity index (χ3n) is 3.29. The molecule has 0 aliphatic carbocycles. The van der Waals surface area contributed by atoms with E-state index in [-0.39, 0.29) is 64.7 Å². The van der Waals surface area contributed by atoms with Gasteiger partial charge in [0.15, 0.2) is 0 Å². The Balaban J connectivity index is 0. The van der Waals surface area contributed by atoms with Crippen LogP contribution in [0.4, 0.5) is 0 Å². The van der Waals surface area contributed by atoms with E-state index in [0.29, 0.717) is 22.4 Å². The molecule has 0 aliphatic heterocycles. The maximum atomic E-state index is 12.2. The number of rotatable bonds is 3. The molecule has 0 bridgehead atoms. The predicted molar refractivity (Wildman–Crippen MR) is 84.9 cm³/mol. The smallest absolute Gasteiger partial charge is 1.00 e. The van der Waals surface area contributed by atoms with Gasteiger partial charge in [-0.15, -0.1) is 0 Å². The van der Waals surface area contributed by atoms with E-state index in [1.807, 2.05) is 24.3 Å². The number of aromatic hydroxyl groups is 1. The monoisotopic (exact) mass is 443 g/mol. The Hall–Kier alpha value is -1.49. The van der Waals surface area contributed by atoms with Crippen molar-refractivity contribution in [3.8, 4) is 22.6 Å². The first kappa shape index (κ1) is 26.7. The van der Waals surface area contributed by atoms with Crippen molar-refractivity contribution in [2.45, 2.75) is 0 Å².